The Labute approximate surface area is 110 Å². The molecule has 2 rings (SSSR count). The molecule has 0 fully saturated rings. The van der Waals surface area contributed by atoms with Crippen LogP contribution < -0.4 is 5.32 Å². The number of rotatable bonds is 3. The van der Waals surface area contributed by atoms with Crippen LogP contribution >= 0.6 is 15.9 Å². The van der Waals surface area contributed by atoms with Crippen molar-refractivity contribution in [2.45, 2.75) is 26.8 Å². The molecule has 90 valence electrons. The molecule has 2 aromatic rings. The van der Waals surface area contributed by atoms with E-state index in [1.807, 2.05) is 25.1 Å². The number of aryl methyl sites for hydroxylation is 2. The van der Waals surface area contributed by atoms with Gasteiger partial charge in [-0.15, -0.1) is 0 Å². The Kier molecular flexibility index (Phi) is 3.57. The summed E-state index contributed by atoms with van der Waals surface area (Å²) in [6.07, 6.45) is 0. The van der Waals surface area contributed by atoms with Crippen LogP contribution in [0.5, 0.6) is 0 Å². The van der Waals surface area contributed by atoms with Gasteiger partial charge in [0.1, 0.15) is 11.5 Å². The molecule has 0 saturated carbocycles. The minimum absolute atomic E-state index is 0.164. The van der Waals surface area contributed by atoms with Gasteiger partial charge >= 0.3 is 0 Å². The first-order chi connectivity index (χ1) is 8.06. The molecule has 1 heterocycles. The Morgan fingerprint density at radius 3 is 2.59 bits per heavy atom. The van der Waals surface area contributed by atoms with Gasteiger partial charge in [0.15, 0.2) is 0 Å². The van der Waals surface area contributed by atoms with Crippen molar-refractivity contribution < 1.29 is 4.42 Å². The van der Waals surface area contributed by atoms with Gasteiger partial charge in [-0.25, -0.2) is 0 Å². The van der Waals surface area contributed by atoms with E-state index in [0.29, 0.717) is 0 Å². The first-order valence-electron chi connectivity index (χ1n) is 5.65. The third-order valence-electron chi connectivity index (χ3n) is 2.76. The molecule has 0 aliphatic carbocycles. The molecule has 17 heavy (non-hydrogen) atoms. The monoisotopic (exact) mass is 293 g/mol. The van der Waals surface area contributed by atoms with Crippen LogP contribution in [0.4, 0.5) is 5.69 Å². The summed E-state index contributed by atoms with van der Waals surface area (Å²) >= 11 is 3.48. The highest BCUT2D eigenvalue weighted by Crippen LogP contribution is 2.26. The van der Waals surface area contributed by atoms with Gasteiger partial charge in [-0.2, -0.15) is 0 Å². The maximum Gasteiger partial charge on any atom is 0.126 e. The molecule has 0 aliphatic heterocycles. The van der Waals surface area contributed by atoms with E-state index >= 15 is 0 Å². The highest BCUT2D eigenvalue weighted by Gasteiger charge is 2.10. The number of furan rings is 1. The van der Waals surface area contributed by atoms with E-state index in [9.17, 15) is 0 Å². The summed E-state index contributed by atoms with van der Waals surface area (Å²) in [6.45, 7) is 6.15. The normalized spacial score (nSPS) is 12.5. The number of anilines is 1. The van der Waals surface area contributed by atoms with Gasteiger partial charge in [0.25, 0.3) is 0 Å². The summed E-state index contributed by atoms with van der Waals surface area (Å²) in [6, 6.07) is 10.4. The Morgan fingerprint density at radius 2 is 1.94 bits per heavy atom. The smallest absolute Gasteiger partial charge is 0.126 e. The van der Waals surface area contributed by atoms with Crippen LogP contribution in [-0.4, -0.2) is 0 Å². The number of hydrogen-bond acceptors (Lipinski definition) is 2. The van der Waals surface area contributed by atoms with Crippen molar-refractivity contribution in [3.05, 3.63) is 51.9 Å². The molecule has 1 N–H and O–H groups in total. The van der Waals surface area contributed by atoms with Crippen molar-refractivity contribution in [1.82, 2.24) is 0 Å². The summed E-state index contributed by atoms with van der Waals surface area (Å²) in [5.41, 5.74) is 2.35. The average molecular weight is 294 g/mol. The second-order valence-corrected chi connectivity index (χ2v) is 5.19. The summed E-state index contributed by atoms with van der Waals surface area (Å²) in [7, 11) is 0. The highest BCUT2D eigenvalue weighted by atomic mass is 79.9. The Bertz CT molecular complexity index is 519. The van der Waals surface area contributed by atoms with Gasteiger partial charge in [0, 0.05) is 10.2 Å². The summed E-state index contributed by atoms with van der Waals surface area (Å²) in [5, 5.41) is 3.46. The Hall–Kier alpha value is -1.22. The van der Waals surface area contributed by atoms with Crippen LogP contribution in [0.2, 0.25) is 0 Å². The minimum Gasteiger partial charge on any atom is -0.464 e. The van der Waals surface area contributed by atoms with Crippen molar-refractivity contribution in [3.63, 3.8) is 0 Å². The predicted octanol–water partition coefficient (Wildman–Crippen LogP) is 4.83. The summed E-state index contributed by atoms with van der Waals surface area (Å²) in [4.78, 5) is 0. The van der Waals surface area contributed by atoms with E-state index in [2.05, 4.69) is 47.2 Å². The summed E-state index contributed by atoms with van der Waals surface area (Å²) in [5.74, 6) is 1.90. The predicted molar refractivity (Wildman–Crippen MR) is 74.4 cm³/mol. The second kappa shape index (κ2) is 4.96. The maximum atomic E-state index is 5.61. The van der Waals surface area contributed by atoms with Crippen molar-refractivity contribution in [3.8, 4) is 0 Å². The van der Waals surface area contributed by atoms with Crippen LogP contribution in [-0.2, 0) is 0 Å². The standard InChI is InChI=1S/C14H16BrNO/c1-9-4-6-12(15)8-13(9)16-11(3)14-7-5-10(2)17-14/h4-8,11,16H,1-3H3. The van der Waals surface area contributed by atoms with Gasteiger partial charge in [-0.05, 0) is 50.6 Å². The molecule has 3 heteroatoms. The van der Waals surface area contributed by atoms with E-state index < -0.39 is 0 Å². The molecule has 0 bridgehead atoms. The molecule has 0 spiro atoms. The minimum atomic E-state index is 0.164. The lowest BCUT2D eigenvalue weighted by Gasteiger charge is -2.15. The third-order valence-corrected chi connectivity index (χ3v) is 3.25. The van der Waals surface area contributed by atoms with E-state index in [4.69, 9.17) is 4.42 Å². The number of benzene rings is 1. The Balaban J connectivity index is 2.18. The quantitative estimate of drug-likeness (QED) is 0.877. The lowest BCUT2D eigenvalue weighted by atomic mass is 10.1. The van der Waals surface area contributed by atoms with Crippen molar-refractivity contribution >= 4 is 21.6 Å². The largest absolute Gasteiger partial charge is 0.464 e. The molecule has 0 aliphatic rings. The Morgan fingerprint density at radius 1 is 1.18 bits per heavy atom. The molecule has 2 nitrogen and oxygen atoms in total. The highest BCUT2D eigenvalue weighted by molar-refractivity contribution is 9.10. The average Bonchev–Trinajstić information content (AvgIpc) is 2.70. The zero-order valence-electron chi connectivity index (χ0n) is 10.3. The molecule has 1 unspecified atom stereocenters. The molecule has 0 amide bonds. The molecule has 0 saturated heterocycles. The van der Waals surface area contributed by atoms with Gasteiger partial charge in [-0.3, -0.25) is 0 Å². The topological polar surface area (TPSA) is 25.2 Å². The fraction of sp³-hybridized carbons (Fsp3) is 0.286. The maximum absolute atomic E-state index is 5.61. The molecule has 1 atom stereocenters. The molecular formula is C14H16BrNO. The second-order valence-electron chi connectivity index (χ2n) is 4.27. The summed E-state index contributed by atoms with van der Waals surface area (Å²) < 4.78 is 6.69. The number of halogens is 1. The lowest BCUT2D eigenvalue weighted by molar-refractivity contribution is 0.467. The van der Waals surface area contributed by atoms with Crippen LogP contribution in [0.3, 0.4) is 0 Å². The van der Waals surface area contributed by atoms with E-state index in [0.717, 1.165) is 21.7 Å². The fourth-order valence-corrected chi connectivity index (χ4v) is 2.10. The van der Waals surface area contributed by atoms with E-state index in [1.165, 1.54) is 5.56 Å². The van der Waals surface area contributed by atoms with Crippen molar-refractivity contribution in [2.75, 3.05) is 5.32 Å². The van der Waals surface area contributed by atoms with Gasteiger partial charge in [0.05, 0.1) is 6.04 Å². The zero-order chi connectivity index (χ0) is 12.4. The number of hydrogen-bond donors (Lipinski definition) is 1. The zero-order valence-corrected chi connectivity index (χ0v) is 11.8. The van der Waals surface area contributed by atoms with Crippen LogP contribution in [0.1, 0.15) is 30.0 Å². The SMILES string of the molecule is Cc1ccc(C(C)Nc2cc(Br)ccc2C)o1. The molecule has 0 radical (unpaired) electrons. The number of nitrogens with one attached hydrogen (secondary N) is 1. The molecule has 1 aromatic carbocycles. The van der Waals surface area contributed by atoms with Gasteiger partial charge in [-0.1, -0.05) is 22.0 Å². The van der Waals surface area contributed by atoms with E-state index in [-0.39, 0.29) is 6.04 Å². The van der Waals surface area contributed by atoms with Crippen LogP contribution in [0, 0.1) is 13.8 Å². The van der Waals surface area contributed by atoms with Gasteiger partial charge in [0.2, 0.25) is 0 Å². The van der Waals surface area contributed by atoms with Crippen molar-refractivity contribution in [1.29, 1.82) is 0 Å². The fourth-order valence-electron chi connectivity index (χ4n) is 1.74. The van der Waals surface area contributed by atoms with Crippen LogP contribution in [0.25, 0.3) is 0 Å². The lowest BCUT2D eigenvalue weighted by Crippen LogP contribution is -2.06. The first-order valence-corrected chi connectivity index (χ1v) is 6.44. The van der Waals surface area contributed by atoms with E-state index in [1.54, 1.807) is 0 Å². The first kappa shape index (κ1) is 12.2. The van der Waals surface area contributed by atoms with Crippen molar-refractivity contribution in [2.24, 2.45) is 0 Å². The van der Waals surface area contributed by atoms with Crippen LogP contribution in [0.15, 0.2) is 39.2 Å². The van der Waals surface area contributed by atoms with Gasteiger partial charge < -0.3 is 9.73 Å². The molecule has 1 aromatic heterocycles. The molecular weight excluding hydrogens is 278 g/mol. The third kappa shape index (κ3) is 2.91.